The fourth-order valence-corrected chi connectivity index (χ4v) is 1.89. The molecule has 1 aromatic rings. The third-order valence-corrected chi connectivity index (χ3v) is 2.71. The molecule has 112 valence electrons. The quantitative estimate of drug-likeness (QED) is 0.471. The maximum absolute atomic E-state index is 5.80. The predicted molar refractivity (Wildman–Crippen MR) is 91.1 cm³/mol. The van der Waals surface area contributed by atoms with Crippen molar-refractivity contribution in [2.24, 2.45) is 10.7 Å². The third kappa shape index (κ3) is 4.73. The molecule has 1 aromatic carbocycles. The van der Waals surface area contributed by atoms with E-state index >= 15 is 0 Å². The number of rotatable bonds is 3. The van der Waals surface area contributed by atoms with Gasteiger partial charge in [-0.25, -0.2) is 4.99 Å². The number of hydrogen-bond donors (Lipinski definition) is 2. The summed E-state index contributed by atoms with van der Waals surface area (Å²) < 4.78 is 11.4. The molecule has 1 heterocycles. The van der Waals surface area contributed by atoms with Gasteiger partial charge in [0.2, 0.25) is 0 Å². The number of aliphatic imine (C=N–C) groups is 1. The summed E-state index contributed by atoms with van der Waals surface area (Å²) in [6, 6.07) is 6.13. The van der Waals surface area contributed by atoms with Gasteiger partial charge in [-0.15, -0.1) is 24.0 Å². The molecule has 6 heteroatoms. The maximum Gasteiger partial charge on any atom is 0.189 e. The Kier molecular flexibility index (Phi) is 6.90. The first-order valence-corrected chi connectivity index (χ1v) is 6.61. The van der Waals surface area contributed by atoms with Gasteiger partial charge in [0.05, 0.1) is 19.8 Å². The van der Waals surface area contributed by atoms with Crippen molar-refractivity contribution < 1.29 is 9.47 Å². The van der Waals surface area contributed by atoms with Gasteiger partial charge in [-0.05, 0) is 19.9 Å². The zero-order chi connectivity index (χ0) is 13.7. The molecule has 0 saturated heterocycles. The number of fused-ring (bicyclic) bond motifs is 1. The maximum atomic E-state index is 5.80. The summed E-state index contributed by atoms with van der Waals surface area (Å²) in [5.41, 5.74) is 6.79. The van der Waals surface area contributed by atoms with E-state index in [2.05, 4.69) is 10.3 Å². The molecule has 2 rings (SSSR count). The highest BCUT2D eigenvalue weighted by molar-refractivity contribution is 14.0. The Morgan fingerprint density at radius 1 is 1.35 bits per heavy atom. The van der Waals surface area contributed by atoms with E-state index in [4.69, 9.17) is 15.2 Å². The SMILES string of the molecule is CC(C)NC(N)=NCc1cccc2c1OCCCO2.I. The Bertz CT molecular complexity index is 464. The zero-order valence-electron chi connectivity index (χ0n) is 11.9. The Morgan fingerprint density at radius 3 is 2.85 bits per heavy atom. The molecule has 1 aliphatic rings. The van der Waals surface area contributed by atoms with Crippen molar-refractivity contribution in [3.8, 4) is 11.5 Å². The lowest BCUT2D eigenvalue weighted by Crippen LogP contribution is -2.36. The average molecular weight is 391 g/mol. The number of ether oxygens (including phenoxy) is 2. The molecule has 0 atom stereocenters. The second-order valence-electron chi connectivity index (χ2n) is 4.80. The lowest BCUT2D eigenvalue weighted by atomic mass is 10.2. The van der Waals surface area contributed by atoms with Crippen molar-refractivity contribution in [2.45, 2.75) is 32.9 Å². The van der Waals surface area contributed by atoms with E-state index in [1.54, 1.807) is 0 Å². The van der Waals surface area contributed by atoms with Crippen molar-refractivity contribution in [3.63, 3.8) is 0 Å². The molecule has 0 aliphatic carbocycles. The van der Waals surface area contributed by atoms with Gasteiger partial charge >= 0.3 is 0 Å². The van der Waals surface area contributed by atoms with Gasteiger partial charge in [0.1, 0.15) is 0 Å². The first-order valence-electron chi connectivity index (χ1n) is 6.61. The molecule has 0 bridgehead atoms. The van der Waals surface area contributed by atoms with Crippen molar-refractivity contribution in [3.05, 3.63) is 23.8 Å². The van der Waals surface area contributed by atoms with Gasteiger partial charge in [-0.1, -0.05) is 12.1 Å². The van der Waals surface area contributed by atoms with E-state index in [1.165, 1.54) is 0 Å². The van der Waals surface area contributed by atoms with Gasteiger partial charge in [-0.3, -0.25) is 0 Å². The summed E-state index contributed by atoms with van der Waals surface area (Å²) in [7, 11) is 0. The number of guanidine groups is 1. The number of benzene rings is 1. The molecule has 0 spiro atoms. The van der Waals surface area contributed by atoms with E-state index in [-0.39, 0.29) is 30.0 Å². The lowest BCUT2D eigenvalue weighted by Gasteiger charge is -2.12. The summed E-state index contributed by atoms with van der Waals surface area (Å²) in [6.07, 6.45) is 0.897. The first-order chi connectivity index (χ1) is 9.16. The molecule has 0 radical (unpaired) electrons. The van der Waals surface area contributed by atoms with Crippen LogP contribution in [0.3, 0.4) is 0 Å². The largest absolute Gasteiger partial charge is 0.490 e. The minimum absolute atomic E-state index is 0. The van der Waals surface area contributed by atoms with Crippen molar-refractivity contribution >= 4 is 29.9 Å². The Hall–Kier alpha value is -1.18. The Morgan fingerprint density at radius 2 is 2.10 bits per heavy atom. The number of halogens is 1. The Labute approximate surface area is 137 Å². The van der Waals surface area contributed by atoms with E-state index in [0.717, 1.165) is 23.5 Å². The second kappa shape index (κ2) is 8.18. The highest BCUT2D eigenvalue weighted by atomic mass is 127. The van der Waals surface area contributed by atoms with E-state index in [9.17, 15) is 0 Å². The zero-order valence-corrected chi connectivity index (χ0v) is 14.2. The molecule has 0 unspecified atom stereocenters. The molecular weight excluding hydrogens is 369 g/mol. The number of nitrogens with zero attached hydrogens (tertiary/aromatic N) is 1. The third-order valence-electron chi connectivity index (χ3n) is 2.71. The van der Waals surface area contributed by atoms with E-state index < -0.39 is 0 Å². The smallest absolute Gasteiger partial charge is 0.189 e. The molecule has 0 saturated carbocycles. The van der Waals surface area contributed by atoms with Gasteiger partial charge in [0.15, 0.2) is 17.5 Å². The summed E-state index contributed by atoms with van der Waals surface area (Å²) in [5, 5.41) is 3.06. The second-order valence-corrected chi connectivity index (χ2v) is 4.80. The molecule has 20 heavy (non-hydrogen) atoms. The van der Waals surface area contributed by atoms with Crippen molar-refractivity contribution in [1.29, 1.82) is 0 Å². The van der Waals surface area contributed by atoms with Crippen LogP contribution < -0.4 is 20.5 Å². The summed E-state index contributed by atoms with van der Waals surface area (Å²) in [5.74, 6) is 2.03. The van der Waals surface area contributed by atoms with Crippen LogP contribution in [0, 0.1) is 0 Å². The van der Waals surface area contributed by atoms with Crippen LogP contribution in [0.2, 0.25) is 0 Å². The average Bonchev–Trinajstić information content (AvgIpc) is 2.60. The number of nitrogens with one attached hydrogen (secondary N) is 1. The van der Waals surface area contributed by atoms with Gasteiger partial charge < -0.3 is 20.5 Å². The summed E-state index contributed by atoms with van der Waals surface area (Å²) >= 11 is 0. The topological polar surface area (TPSA) is 68.9 Å². The van der Waals surface area contributed by atoms with Crippen LogP contribution >= 0.6 is 24.0 Å². The van der Waals surface area contributed by atoms with Gasteiger partial charge in [0, 0.05) is 18.0 Å². The molecule has 0 fully saturated rings. The van der Waals surface area contributed by atoms with Crippen LogP contribution in [0.15, 0.2) is 23.2 Å². The number of para-hydroxylation sites is 1. The number of hydrogen-bond acceptors (Lipinski definition) is 3. The Balaban J connectivity index is 0.00000200. The molecular formula is C14H22IN3O2. The van der Waals surface area contributed by atoms with Crippen LogP contribution in [0.1, 0.15) is 25.8 Å². The predicted octanol–water partition coefficient (Wildman–Crippen LogP) is 2.28. The van der Waals surface area contributed by atoms with Crippen LogP contribution in [-0.2, 0) is 6.54 Å². The normalized spacial score (nSPS) is 14.4. The standard InChI is InChI=1S/C14H21N3O2.HI/c1-10(2)17-14(15)16-9-11-5-3-6-12-13(11)19-8-4-7-18-12;/h3,5-6,10H,4,7-9H2,1-2H3,(H3,15,16,17);1H. The van der Waals surface area contributed by atoms with Gasteiger partial charge in [-0.2, -0.15) is 0 Å². The van der Waals surface area contributed by atoms with Crippen LogP contribution in [0.25, 0.3) is 0 Å². The highest BCUT2D eigenvalue weighted by Gasteiger charge is 2.13. The van der Waals surface area contributed by atoms with E-state index in [0.29, 0.717) is 25.7 Å². The van der Waals surface area contributed by atoms with Crippen molar-refractivity contribution in [1.82, 2.24) is 5.32 Å². The number of nitrogens with two attached hydrogens (primary N) is 1. The molecule has 0 aromatic heterocycles. The highest BCUT2D eigenvalue weighted by Crippen LogP contribution is 2.33. The molecule has 0 amide bonds. The fourth-order valence-electron chi connectivity index (χ4n) is 1.89. The van der Waals surface area contributed by atoms with Crippen LogP contribution in [-0.4, -0.2) is 25.2 Å². The van der Waals surface area contributed by atoms with Crippen molar-refractivity contribution in [2.75, 3.05) is 13.2 Å². The van der Waals surface area contributed by atoms with Gasteiger partial charge in [0.25, 0.3) is 0 Å². The minimum atomic E-state index is 0. The van der Waals surface area contributed by atoms with Crippen LogP contribution in [0.5, 0.6) is 11.5 Å². The summed E-state index contributed by atoms with van der Waals surface area (Å²) in [6.45, 7) is 5.89. The lowest BCUT2D eigenvalue weighted by molar-refractivity contribution is 0.296. The van der Waals surface area contributed by atoms with E-state index in [1.807, 2.05) is 32.0 Å². The monoisotopic (exact) mass is 391 g/mol. The first kappa shape index (κ1) is 16.9. The fraction of sp³-hybridized carbons (Fsp3) is 0.500. The molecule has 5 nitrogen and oxygen atoms in total. The molecule has 1 aliphatic heterocycles. The summed E-state index contributed by atoms with van der Waals surface area (Å²) in [4.78, 5) is 4.32. The molecule has 3 N–H and O–H groups in total. The van der Waals surface area contributed by atoms with Crippen LogP contribution in [0.4, 0.5) is 0 Å². The minimum Gasteiger partial charge on any atom is -0.490 e.